The molecule has 28 heavy (non-hydrogen) atoms. The van der Waals surface area contributed by atoms with Crippen LogP contribution in [0.1, 0.15) is 35.6 Å². The topological polar surface area (TPSA) is 34.0 Å². The van der Waals surface area contributed by atoms with Crippen LogP contribution in [0.15, 0.2) is 54.3 Å². The molecule has 0 N–H and O–H groups in total. The van der Waals surface area contributed by atoms with Gasteiger partial charge in [-0.05, 0) is 60.7 Å². The lowest BCUT2D eigenvalue weighted by atomic mass is 10.00. The maximum Gasteiger partial charge on any atom is 0.0815 e. The number of benzene rings is 2. The van der Waals surface area contributed by atoms with Crippen LogP contribution in [0.5, 0.6) is 0 Å². The molecule has 2 aromatic carbocycles. The number of rotatable bonds is 4. The second-order valence-corrected chi connectivity index (χ2v) is 8.64. The minimum Gasteiger partial charge on any atom is -0.292 e. The zero-order chi connectivity index (χ0) is 19.1. The van der Waals surface area contributed by atoms with Gasteiger partial charge >= 0.3 is 0 Å². The Morgan fingerprint density at radius 1 is 1.14 bits per heavy atom. The van der Waals surface area contributed by atoms with Gasteiger partial charge in [-0.25, -0.2) is 4.98 Å². The van der Waals surface area contributed by atoms with E-state index in [0.717, 1.165) is 18.6 Å². The van der Waals surface area contributed by atoms with Crippen LogP contribution in [0, 0.1) is 6.92 Å². The molecule has 0 spiro atoms. The first-order valence-electron chi connectivity index (χ1n) is 9.83. The molecule has 0 aliphatic carbocycles. The van der Waals surface area contributed by atoms with E-state index < -0.39 is 0 Å². The second kappa shape index (κ2) is 7.15. The van der Waals surface area contributed by atoms with Crippen molar-refractivity contribution in [1.29, 1.82) is 0 Å². The van der Waals surface area contributed by atoms with E-state index in [-0.39, 0.29) is 0 Å². The normalized spacial score (nSPS) is 17.6. The van der Waals surface area contributed by atoms with E-state index in [1.54, 1.807) is 11.3 Å². The average Bonchev–Trinajstić information content (AvgIpc) is 3.43. The van der Waals surface area contributed by atoms with Crippen molar-refractivity contribution in [2.24, 2.45) is 7.05 Å². The van der Waals surface area contributed by atoms with Crippen molar-refractivity contribution in [2.45, 2.75) is 32.4 Å². The van der Waals surface area contributed by atoms with Gasteiger partial charge in [-0.15, -0.1) is 11.3 Å². The maximum atomic E-state index is 4.51. The number of fused-ring (bicyclic) bond motifs is 1. The minimum absolute atomic E-state index is 0.489. The summed E-state index contributed by atoms with van der Waals surface area (Å²) in [5.74, 6) is 0. The van der Waals surface area contributed by atoms with Gasteiger partial charge in [-0.1, -0.05) is 24.3 Å². The van der Waals surface area contributed by atoms with E-state index in [2.05, 4.69) is 64.5 Å². The van der Waals surface area contributed by atoms with Gasteiger partial charge in [0.2, 0.25) is 0 Å². The van der Waals surface area contributed by atoms with E-state index in [0.29, 0.717) is 6.04 Å². The summed E-state index contributed by atoms with van der Waals surface area (Å²) in [5.41, 5.74) is 9.64. The Bertz CT molecular complexity index is 1130. The van der Waals surface area contributed by atoms with Crippen molar-refractivity contribution in [3.63, 3.8) is 0 Å². The fraction of sp³-hybridized carbons (Fsp3) is 0.304. The van der Waals surface area contributed by atoms with Gasteiger partial charge in [0.25, 0.3) is 0 Å². The molecule has 142 valence electrons. The Morgan fingerprint density at radius 2 is 2.07 bits per heavy atom. The first-order chi connectivity index (χ1) is 13.7. The van der Waals surface area contributed by atoms with Crippen molar-refractivity contribution in [3.8, 4) is 11.1 Å². The Kier molecular flexibility index (Phi) is 4.49. The lowest BCUT2D eigenvalue weighted by Crippen LogP contribution is -2.23. The number of aromatic nitrogens is 3. The van der Waals surface area contributed by atoms with Gasteiger partial charge in [0.15, 0.2) is 0 Å². The summed E-state index contributed by atoms with van der Waals surface area (Å²) in [5, 5.41) is 4.29. The molecule has 1 aliphatic heterocycles. The van der Waals surface area contributed by atoms with Gasteiger partial charge in [-0.2, -0.15) is 5.10 Å². The van der Waals surface area contributed by atoms with Gasteiger partial charge in [0.05, 0.1) is 21.9 Å². The number of hydrogen-bond donors (Lipinski definition) is 0. The molecule has 1 aliphatic rings. The van der Waals surface area contributed by atoms with Crippen molar-refractivity contribution >= 4 is 21.6 Å². The molecule has 0 radical (unpaired) electrons. The highest BCUT2D eigenvalue weighted by molar-refractivity contribution is 7.16. The number of hydrogen-bond acceptors (Lipinski definition) is 4. The van der Waals surface area contributed by atoms with Gasteiger partial charge in [0, 0.05) is 31.4 Å². The standard InChI is InChI=1S/C23H24N4S/c1-16-10-17(20-12-25-26(2)13-20)5-6-19(16)14-27-9-3-4-22(27)18-7-8-23-21(11-18)24-15-28-23/h5-8,10-13,15,22H,3-4,9,14H2,1-2H3. The highest BCUT2D eigenvalue weighted by Crippen LogP contribution is 2.35. The molecular weight excluding hydrogens is 364 g/mol. The first kappa shape index (κ1) is 17.6. The Balaban J connectivity index is 1.38. The summed E-state index contributed by atoms with van der Waals surface area (Å²) < 4.78 is 3.13. The van der Waals surface area contributed by atoms with Crippen LogP contribution in [0.25, 0.3) is 21.3 Å². The smallest absolute Gasteiger partial charge is 0.0815 e. The summed E-state index contributed by atoms with van der Waals surface area (Å²) in [6.45, 7) is 4.38. The largest absolute Gasteiger partial charge is 0.292 e. The Labute approximate surface area is 169 Å². The molecule has 1 atom stereocenters. The van der Waals surface area contributed by atoms with Crippen molar-refractivity contribution < 1.29 is 0 Å². The summed E-state index contributed by atoms with van der Waals surface area (Å²) in [7, 11) is 1.96. The molecule has 0 bridgehead atoms. The van der Waals surface area contributed by atoms with Crippen molar-refractivity contribution in [3.05, 3.63) is 71.0 Å². The third-order valence-electron chi connectivity index (χ3n) is 5.86. The number of thiazole rings is 1. The van der Waals surface area contributed by atoms with Crippen LogP contribution >= 0.6 is 11.3 Å². The van der Waals surface area contributed by atoms with Crippen LogP contribution in [-0.4, -0.2) is 26.2 Å². The SMILES string of the molecule is Cc1cc(-c2cnn(C)c2)ccc1CN1CCCC1c1ccc2scnc2c1. The highest BCUT2D eigenvalue weighted by Gasteiger charge is 2.26. The predicted octanol–water partition coefficient (Wildman–Crippen LogP) is 5.34. The van der Waals surface area contributed by atoms with Gasteiger partial charge in [-0.3, -0.25) is 9.58 Å². The van der Waals surface area contributed by atoms with Crippen LogP contribution in [0.3, 0.4) is 0 Å². The monoisotopic (exact) mass is 388 g/mol. The molecule has 4 aromatic rings. The summed E-state index contributed by atoms with van der Waals surface area (Å²) in [6.07, 6.45) is 6.48. The van der Waals surface area contributed by atoms with E-state index in [1.807, 2.05) is 23.4 Å². The van der Waals surface area contributed by atoms with Crippen LogP contribution in [0.4, 0.5) is 0 Å². The predicted molar refractivity (Wildman–Crippen MR) is 115 cm³/mol. The zero-order valence-corrected chi connectivity index (χ0v) is 17.1. The zero-order valence-electron chi connectivity index (χ0n) is 16.3. The summed E-state index contributed by atoms with van der Waals surface area (Å²) >= 11 is 1.71. The minimum atomic E-state index is 0.489. The molecule has 1 fully saturated rings. The Morgan fingerprint density at radius 3 is 2.89 bits per heavy atom. The molecular formula is C23H24N4S. The lowest BCUT2D eigenvalue weighted by molar-refractivity contribution is 0.248. The summed E-state index contributed by atoms with van der Waals surface area (Å²) in [4.78, 5) is 7.13. The highest BCUT2D eigenvalue weighted by atomic mass is 32.1. The molecule has 5 heteroatoms. The second-order valence-electron chi connectivity index (χ2n) is 7.75. The van der Waals surface area contributed by atoms with Crippen LogP contribution in [-0.2, 0) is 13.6 Å². The number of nitrogens with zero attached hydrogens (tertiary/aromatic N) is 4. The van der Waals surface area contributed by atoms with E-state index in [1.165, 1.54) is 45.4 Å². The first-order valence-corrected chi connectivity index (χ1v) is 10.7. The average molecular weight is 389 g/mol. The van der Waals surface area contributed by atoms with E-state index >= 15 is 0 Å². The van der Waals surface area contributed by atoms with Crippen molar-refractivity contribution in [1.82, 2.24) is 19.7 Å². The van der Waals surface area contributed by atoms with E-state index in [9.17, 15) is 0 Å². The Hall–Kier alpha value is -2.50. The maximum absolute atomic E-state index is 4.51. The molecule has 3 heterocycles. The fourth-order valence-electron chi connectivity index (χ4n) is 4.32. The molecule has 0 saturated carbocycles. The van der Waals surface area contributed by atoms with E-state index in [4.69, 9.17) is 0 Å². The van der Waals surface area contributed by atoms with Gasteiger partial charge in [0.1, 0.15) is 0 Å². The number of likely N-dealkylation sites (tertiary alicyclic amines) is 1. The quantitative estimate of drug-likeness (QED) is 0.473. The summed E-state index contributed by atoms with van der Waals surface area (Å²) in [6, 6.07) is 14.1. The third kappa shape index (κ3) is 3.25. The lowest BCUT2D eigenvalue weighted by Gasteiger charge is -2.26. The molecule has 1 unspecified atom stereocenters. The molecule has 0 amide bonds. The number of aryl methyl sites for hydroxylation is 2. The molecule has 4 nitrogen and oxygen atoms in total. The van der Waals surface area contributed by atoms with Crippen LogP contribution < -0.4 is 0 Å². The van der Waals surface area contributed by atoms with Crippen molar-refractivity contribution in [2.75, 3.05) is 6.54 Å². The van der Waals surface area contributed by atoms with Crippen LogP contribution in [0.2, 0.25) is 0 Å². The van der Waals surface area contributed by atoms with Gasteiger partial charge < -0.3 is 0 Å². The molecule has 5 rings (SSSR count). The molecule has 1 saturated heterocycles. The fourth-order valence-corrected chi connectivity index (χ4v) is 4.98. The molecule has 2 aromatic heterocycles. The third-order valence-corrected chi connectivity index (χ3v) is 6.67.